The van der Waals surface area contributed by atoms with E-state index in [2.05, 4.69) is 25.5 Å². The molecule has 0 spiro atoms. The fourth-order valence-electron chi connectivity index (χ4n) is 5.18. The number of hydrogen-bond donors (Lipinski definition) is 0. The van der Waals surface area contributed by atoms with Crippen LogP contribution in [-0.2, 0) is 17.7 Å². The van der Waals surface area contributed by atoms with Crippen LogP contribution in [0.5, 0.6) is 5.88 Å². The number of ether oxygens (including phenoxy) is 2. The molecule has 1 aromatic carbocycles. The molecule has 1 atom stereocenters. The van der Waals surface area contributed by atoms with Crippen molar-refractivity contribution in [3.05, 3.63) is 83.3 Å². The van der Waals surface area contributed by atoms with Crippen molar-refractivity contribution in [2.24, 2.45) is 0 Å². The highest BCUT2D eigenvalue weighted by Gasteiger charge is 2.28. The van der Waals surface area contributed by atoms with Crippen LogP contribution in [0.2, 0.25) is 5.02 Å². The molecule has 0 radical (unpaired) electrons. The number of fused-ring (bicyclic) bond motifs is 5. The summed E-state index contributed by atoms with van der Waals surface area (Å²) in [7, 11) is 1.62. The number of hydrogen-bond acceptors (Lipinski definition) is 6. The van der Waals surface area contributed by atoms with Crippen LogP contribution in [-0.4, -0.2) is 54.4 Å². The Morgan fingerprint density at radius 2 is 2.11 bits per heavy atom. The molecular weight excluding hydrogens is 490 g/mol. The quantitative estimate of drug-likeness (QED) is 0.336. The molecule has 4 aromatic heterocycles. The number of aromatic nitrogens is 7. The van der Waals surface area contributed by atoms with E-state index < -0.39 is 0 Å². The van der Waals surface area contributed by atoms with E-state index in [0.717, 1.165) is 58.2 Å². The summed E-state index contributed by atoms with van der Waals surface area (Å²) < 4.78 is 17.0. The summed E-state index contributed by atoms with van der Waals surface area (Å²) in [6, 6.07) is 11.9. The third kappa shape index (κ3) is 3.91. The van der Waals surface area contributed by atoms with E-state index in [0.29, 0.717) is 30.5 Å². The average Bonchev–Trinajstić information content (AvgIpc) is 3.71. The van der Waals surface area contributed by atoms with Gasteiger partial charge in [-0.15, -0.1) is 0 Å². The molecule has 10 heteroatoms. The summed E-state index contributed by atoms with van der Waals surface area (Å²) in [5.41, 5.74) is 7.92. The second-order valence-electron chi connectivity index (χ2n) is 9.35. The van der Waals surface area contributed by atoms with Gasteiger partial charge in [-0.3, -0.25) is 9.36 Å². The molecule has 2 aliphatic rings. The molecule has 1 unspecified atom stereocenters. The molecule has 0 amide bonds. The number of nitrogens with zero attached hydrogens (tertiary/aromatic N) is 7. The largest absolute Gasteiger partial charge is 0.481 e. The lowest BCUT2D eigenvalue weighted by molar-refractivity contribution is 0.184. The van der Waals surface area contributed by atoms with Crippen LogP contribution < -0.4 is 4.74 Å². The molecule has 0 N–H and O–H groups in total. The Kier molecular flexibility index (Phi) is 5.33. The summed E-state index contributed by atoms with van der Waals surface area (Å²) in [5.74, 6) is 0.587. The molecule has 1 fully saturated rings. The van der Waals surface area contributed by atoms with Crippen molar-refractivity contribution in [3.8, 4) is 34.1 Å². The summed E-state index contributed by atoms with van der Waals surface area (Å²) >= 11 is 6.44. The van der Waals surface area contributed by atoms with Crippen LogP contribution >= 0.6 is 11.6 Å². The van der Waals surface area contributed by atoms with E-state index in [1.54, 1.807) is 7.11 Å². The Morgan fingerprint density at radius 1 is 1.16 bits per heavy atom. The predicted molar refractivity (Wildman–Crippen MR) is 138 cm³/mol. The first-order chi connectivity index (χ1) is 18.2. The van der Waals surface area contributed by atoms with Gasteiger partial charge < -0.3 is 14.0 Å². The molecular formula is C27H24ClN7O2. The molecule has 37 heavy (non-hydrogen) atoms. The molecule has 0 bridgehead atoms. The molecule has 1 saturated heterocycles. The van der Waals surface area contributed by atoms with Crippen LogP contribution in [0.3, 0.4) is 0 Å². The summed E-state index contributed by atoms with van der Waals surface area (Å²) in [5, 5.41) is 10.3. The lowest BCUT2D eigenvalue weighted by atomic mass is 10.0. The van der Waals surface area contributed by atoms with Gasteiger partial charge in [0.2, 0.25) is 5.88 Å². The van der Waals surface area contributed by atoms with Gasteiger partial charge in [-0.2, -0.15) is 10.2 Å². The van der Waals surface area contributed by atoms with Gasteiger partial charge in [0.15, 0.2) is 0 Å². The maximum atomic E-state index is 6.44. The van der Waals surface area contributed by atoms with Crippen molar-refractivity contribution < 1.29 is 9.47 Å². The van der Waals surface area contributed by atoms with Crippen molar-refractivity contribution in [1.29, 1.82) is 0 Å². The van der Waals surface area contributed by atoms with E-state index in [4.69, 9.17) is 31.2 Å². The minimum atomic E-state index is 0.252. The van der Waals surface area contributed by atoms with Crippen molar-refractivity contribution in [1.82, 2.24) is 34.1 Å². The van der Waals surface area contributed by atoms with Crippen molar-refractivity contribution >= 4 is 11.6 Å². The van der Waals surface area contributed by atoms with Crippen molar-refractivity contribution in [2.75, 3.05) is 20.3 Å². The molecule has 2 aliphatic heterocycles. The van der Waals surface area contributed by atoms with Crippen molar-refractivity contribution in [2.45, 2.75) is 25.4 Å². The first-order valence-corrected chi connectivity index (χ1v) is 12.6. The zero-order valence-electron chi connectivity index (χ0n) is 20.2. The summed E-state index contributed by atoms with van der Waals surface area (Å²) in [6.45, 7) is 1.99. The second-order valence-corrected chi connectivity index (χ2v) is 9.78. The lowest BCUT2D eigenvalue weighted by Crippen LogP contribution is -2.09. The van der Waals surface area contributed by atoms with Gasteiger partial charge in [0.05, 0.1) is 61.0 Å². The van der Waals surface area contributed by atoms with Gasteiger partial charge in [-0.25, -0.2) is 9.97 Å². The molecule has 6 heterocycles. The number of halogens is 1. The van der Waals surface area contributed by atoms with E-state index in [1.165, 1.54) is 0 Å². The maximum Gasteiger partial charge on any atom is 0.213 e. The van der Waals surface area contributed by atoms with Gasteiger partial charge in [0.1, 0.15) is 6.33 Å². The number of benzene rings is 1. The van der Waals surface area contributed by atoms with Crippen LogP contribution in [0, 0.1) is 0 Å². The van der Waals surface area contributed by atoms with Gasteiger partial charge in [0.25, 0.3) is 0 Å². The number of pyridine rings is 1. The van der Waals surface area contributed by atoms with Crippen LogP contribution in [0.25, 0.3) is 28.2 Å². The van der Waals surface area contributed by atoms with Gasteiger partial charge >= 0.3 is 0 Å². The highest BCUT2D eigenvalue weighted by molar-refractivity contribution is 6.31. The van der Waals surface area contributed by atoms with Gasteiger partial charge in [-0.1, -0.05) is 17.7 Å². The van der Waals surface area contributed by atoms with Gasteiger partial charge in [-0.05, 0) is 30.7 Å². The average molecular weight is 514 g/mol. The first kappa shape index (κ1) is 22.3. The van der Waals surface area contributed by atoms with E-state index >= 15 is 0 Å². The summed E-state index contributed by atoms with van der Waals surface area (Å²) in [6.07, 6.45) is 9.56. The zero-order chi connectivity index (χ0) is 24.9. The molecule has 7 rings (SSSR count). The molecule has 186 valence electrons. The maximum absolute atomic E-state index is 6.44. The highest BCUT2D eigenvalue weighted by atomic mass is 35.5. The fourth-order valence-corrected chi connectivity index (χ4v) is 5.35. The molecule has 0 aliphatic carbocycles. The number of imidazole rings is 1. The summed E-state index contributed by atoms with van der Waals surface area (Å²) in [4.78, 5) is 9.33. The van der Waals surface area contributed by atoms with Crippen molar-refractivity contribution in [3.63, 3.8) is 0 Å². The van der Waals surface area contributed by atoms with Gasteiger partial charge in [0, 0.05) is 53.2 Å². The fraction of sp³-hybridized carbons (Fsp3) is 0.259. The van der Waals surface area contributed by atoms with E-state index in [1.807, 2.05) is 59.8 Å². The first-order valence-electron chi connectivity index (χ1n) is 12.2. The van der Waals surface area contributed by atoms with E-state index in [-0.39, 0.29) is 6.04 Å². The lowest BCUT2D eigenvalue weighted by Gasteiger charge is -2.11. The number of rotatable bonds is 5. The minimum absolute atomic E-state index is 0.252. The minimum Gasteiger partial charge on any atom is -0.481 e. The third-order valence-corrected chi connectivity index (χ3v) is 7.24. The third-order valence-electron chi connectivity index (χ3n) is 7.01. The monoisotopic (exact) mass is 513 g/mol. The highest BCUT2D eigenvalue weighted by Crippen LogP contribution is 2.39. The number of methoxy groups -OCH3 is 1. The van der Waals surface area contributed by atoms with Crippen LogP contribution in [0.4, 0.5) is 0 Å². The van der Waals surface area contributed by atoms with Crippen LogP contribution in [0.15, 0.2) is 61.3 Å². The smallest absolute Gasteiger partial charge is 0.213 e. The molecule has 0 saturated carbocycles. The Balaban J connectivity index is 1.29. The Labute approximate surface area is 218 Å². The Morgan fingerprint density at radius 3 is 2.97 bits per heavy atom. The topological polar surface area (TPSA) is 84.8 Å². The zero-order valence-corrected chi connectivity index (χ0v) is 21.0. The standard InChI is InChI=1S/C27H24ClN7O2/c1-36-25-4-2-3-20(31-25)14-33-12-18(11-30-33)27-24-9-17-13-35(21-7-8-37-15-21)32-26(17)22-10-19(28)5-6-23(22)34(24)16-29-27/h2-6,10-13,16,21H,7-9,14-15H2,1H3. The van der Waals surface area contributed by atoms with Crippen LogP contribution in [0.1, 0.15) is 29.4 Å². The predicted octanol–water partition coefficient (Wildman–Crippen LogP) is 4.57. The van der Waals surface area contributed by atoms with E-state index in [9.17, 15) is 0 Å². The second kappa shape index (κ2) is 8.86. The Hall–Kier alpha value is -3.95. The SMILES string of the molecule is COc1cccc(Cn2cc(-c3ncn4c3Cc3cn(C5CCOC5)nc3-c3cc(Cl)ccc3-4)cn2)n1. The molecule has 5 aromatic rings. The molecule has 9 nitrogen and oxygen atoms in total. The normalized spacial score (nSPS) is 16.2. The Bertz CT molecular complexity index is 1610.